The number of thiophene rings is 2. The summed E-state index contributed by atoms with van der Waals surface area (Å²) in [6, 6.07) is 20.6. The van der Waals surface area contributed by atoms with Crippen LogP contribution in [0.15, 0.2) is 90.0 Å². The zero-order valence-electron chi connectivity index (χ0n) is 28.1. The number of carbonyl (C=O) groups is 1. The summed E-state index contributed by atoms with van der Waals surface area (Å²) in [4.78, 5) is 28.3. The zero-order chi connectivity index (χ0) is 34.2. The number of unbranched alkanes of at least 4 members (excludes halogenated alkanes) is 2. The number of benzene rings is 2. The highest BCUT2D eigenvalue weighted by molar-refractivity contribution is 7.23. The summed E-state index contributed by atoms with van der Waals surface area (Å²) in [7, 11) is 0. The largest absolute Gasteiger partial charge is 0.550 e. The van der Waals surface area contributed by atoms with Crippen LogP contribution in [0.3, 0.4) is 0 Å². The van der Waals surface area contributed by atoms with E-state index < -0.39 is 11.4 Å². The van der Waals surface area contributed by atoms with Gasteiger partial charge in [-0.1, -0.05) is 26.0 Å². The highest BCUT2D eigenvalue weighted by Crippen LogP contribution is 2.49. The fourth-order valence-electron chi connectivity index (χ4n) is 7.18. The van der Waals surface area contributed by atoms with E-state index in [1.807, 2.05) is 17.4 Å². The number of nitro groups is 1. The second-order valence-corrected chi connectivity index (χ2v) is 15.5. The summed E-state index contributed by atoms with van der Waals surface area (Å²) in [6.45, 7) is 12.4. The predicted molar refractivity (Wildman–Crippen MR) is 196 cm³/mol. The minimum atomic E-state index is -0.998. The summed E-state index contributed by atoms with van der Waals surface area (Å²) >= 11 is 3.57. The van der Waals surface area contributed by atoms with Crippen LogP contribution in [-0.2, 0) is 15.6 Å². The maximum Gasteiger partial charge on any atom is 0.269 e. The molecule has 0 saturated carbocycles. The van der Waals surface area contributed by atoms with Crippen molar-refractivity contribution in [1.82, 2.24) is 0 Å². The van der Waals surface area contributed by atoms with Gasteiger partial charge < -0.3 is 14.8 Å². The van der Waals surface area contributed by atoms with Gasteiger partial charge in [-0.15, -0.1) is 22.7 Å². The lowest BCUT2D eigenvalue weighted by atomic mass is 9.80. The van der Waals surface area contributed by atoms with Gasteiger partial charge in [0.1, 0.15) is 6.54 Å². The number of hydrogen-bond donors (Lipinski definition) is 0. The Kier molecular flexibility index (Phi) is 9.29. The first-order chi connectivity index (χ1) is 22.9. The number of allylic oxidation sites excluding steroid dienone is 4. The molecule has 248 valence electrons. The Balaban J connectivity index is 1.35. The summed E-state index contributed by atoms with van der Waals surface area (Å²) in [5.74, 6) is -0.998. The van der Waals surface area contributed by atoms with Gasteiger partial charge in [-0.3, -0.25) is 10.1 Å². The Morgan fingerprint density at radius 2 is 1.73 bits per heavy atom. The van der Waals surface area contributed by atoms with Crippen LogP contribution in [0.25, 0.3) is 20.2 Å². The molecule has 9 heteroatoms. The third-order valence-corrected chi connectivity index (χ3v) is 11.9. The van der Waals surface area contributed by atoms with Crippen molar-refractivity contribution >= 4 is 51.4 Å². The van der Waals surface area contributed by atoms with Crippen LogP contribution in [-0.4, -0.2) is 34.3 Å². The van der Waals surface area contributed by atoms with Crippen molar-refractivity contribution in [3.63, 3.8) is 0 Å². The van der Waals surface area contributed by atoms with Crippen molar-refractivity contribution in [3.8, 4) is 20.2 Å². The molecule has 0 amide bonds. The van der Waals surface area contributed by atoms with Gasteiger partial charge in [-0.05, 0) is 99.0 Å². The van der Waals surface area contributed by atoms with E-state index >= 15 is 0 Å². The summed E-state index contributed by atoms with van der Waals surface area (Å²) in [5, 5.41) is 24.7. The quantitative estimate of drug-likeness (QED) is 0.0645. The molecule has 0 atom stereocenters. The number of anilines is 1. The smallest absolute Gasteiger partial charge is 0.269 e. The molecular weight excluding hydrogens is 639 g/mol. The molecular formula is C39H41N3O4S2. The SMILES string of the molecule is CCN1/C(=C/C=C/C2=[N+](CCCCCC(=O)[O-])c3ccc(-c4ccc(-c5cccs5)s4)cc3C2(C)C)C(C)(C)c2cc([N+](=O)[O-])ccc21. The van der Waals surface area contributed by atoms with Gasteiger partial charge in [0.25, 0.3) is 5.69 Å². The van der Waals surface area contributed by atoms with Crippen molar-refractivity contribution < 1.29 is 19.4 Å². The van der Waals surface area contributed by atoms with E-state index in [4.69, 9.17) is 0 Å². The molecule has 4 heterocycles. The van der Waals surface area contributed by atoms with E-state index in [1.165, 1.54) is 37.2 Å². The van der Waals surface area contributed by atoms with E-state index in [1.54, 1.807) is 23.5 Å². The van der Waals surface area contributed by atoms with E-state index in [9.17, 15) is 20.0 Å². The van der Waals surface area contributed by atoms with Crippen LogP contribution in [0.4, 0.5) is 17.1 Å². The molecule has 0 N–H and O–H groups in total. The van der Waals surface area contributed by atoms with Gasteiger partial charge in [-0.2, -0.15) is 4.58 Å². The number of likely N-dealkylation sites (N-methyl/N-ethyl adjacent to an activating group) is 1. The maximum atomic E-state index is 11.6. The van der Waals surface area contributed by atoms with Crippen molar-refractivity contribution in [2.45, 2.75) is 71.1 Å². The molecule has 0 unspecified atom stereocenters. The number of carbonyl (C=O) groups excluding carboxylic acids is 1. The van der Waals surface area contributed by atoms with Crippen LogP contribution in [0, 0.1) is 10.1 Å². The minimum Gasteiger partial charge on any atom is -0.550 e. The summed E-state index contributed by atoms with van der Waals surface area (Å²) in [6.07, 6.45) is 8.85. The molecule has 0 aliphatic carbocycles. The number of non-ortho nitro benzene ring substituents is 1. The molecule has 4 aromatic rings. The zero-order valence-corrected chi connectivity index (χ0v) is 29.7. The molecule has 0 saturated heterocycles. The van der Waals surface area contributed by atoms with E-state index in [0.717, 1.165) is 42.9 Å². The number of aliphatic carboxylic acids is 1. The molecule has 48 heavy (non-hydrogen) atoms. The predicted octanol–water partition coefficient (Wildman–Crippen LogP) is 9.00. The Bertz CT molecular complexity index is 1960. The van der Waals surface area contributed by atoms with Crippen LogP contribution in [0.2, 0.25) is 0 Å². The van der Waals surface area contributed by atoms with Crippen molar-refractivity contribution in [2.24, 2.45) is 0 Å². The first-order valence-electron chi connectivity index (χ1n) is 16.5. The number of carboxylic acids is 1. The Morgan fingerprint density at radius 3 is 2.44 bits per heavy atom. The van der Waals surface area contributed by atoms with Crippen LogP contribution >= 0.6 is 22.7 Å². The second kappa shape index (κ2) is 13.3. The first-order valence-corrected chi connectivity index (χ1v) is 18.2. The lowest BCUT2D eigenvalue weighted by Gasteiger charge is -2.25. The maximum absolute atomic E-state index is 11.6. The van der Waals surface area contributed by atoms with Crippen LogP contribution < -0.4 is 10.0 Å². The number of hydrogen-bond acceptors (Lipinski definition) is 7. The van der Waals surface area contributed by atoms with Gasteiger partial charge in [0, 0.05) is 80.2 Å². The van der Waals surface area contributed by atoms with Gasteiger partial charge >= 0.3 is 0 Å². The number of carboxylic acid groups (broad SMARTS) is 1. The van der Waals surface area contributed by atoms with Crippen LogP contribution in [0.1, 0.15) is 71.4 Å². The minimum absolute atomic E-state index is 0.0824. The average Bonchev–Trinajstić information content (AvgIpc) is 3.83. The standard InChI is InChI=1S/C39H41N3O4S2/c1-6-40-30-19-17-27(42(45)46)25-29(30)39(4,5)35(40)13-10-14-36-38(2,3)28-24-26(32-20-21-34(48-32)33-12-11-23-47-33)16-18-31(28)41(36)22-9-7-8-15-37(43)44/h10-14,16-21,23-25H,6-9,15,22H2,1-5H3. The van der Waals surface area contributed by atoms with Gasteiger partial charge in [0.05, 0.1) is 10.3 Å². The highest BCUT2D eigenvalue weighted by Gasteiger charge is 2.45. The normalized spacial score (nSPS) is 17.0. The second-order valence-electron chi connectivity index (χ2n) is 13.5. The van der Waals surface area contributed by atoms with Crippen LogP contribution in [0.5, 0.6) is 0 Å². The van der Waals surface area contributed by atoms with E-state index in [0.29, 0.717) is 6.42 Å². The average molecular weight is 680 g/mol. The topological polar surface area (TPSA) is 89.5 Å². The van der Waals surface area contributed by atoms with Crippen molar-refractivity contribution in [3.05, 3.63) is 111 Å². The number of fused-ring (bicyclic) bond motifs is 2. The molecule has 0 fully saturated rings. The molecule has 2 aliphatic rings. The van der Waals surface area contributed by atoms with Crippen molar-refractivity contribution in [2.75, 3.05) is 18.0 Å². The monoisotopic (exact) mass is 679 g/mol. The molecule has 0 spiro atoms. The molecule has 0 bridgehead atoms. The molecule has 2 aromatic heterocycles. The molecule has 2 aromatic carbocycles. The first kappa shape index (κ1) is 33.6. The lowest BCUT2D eigenvalue weighted by Crippen LogP contribution is -2.28. The number of nitro benzene ring substituents is 1. The third kappa shape index (κ3) is 6.17. The molecule has 2 aliphatic heterocycles. The fraction of sp³-hybridized carbons (Fsp3) is 0.333. The van der Waals surface area contributed by atoms with Gasteiger partial charge in [-0.25, -0.2) is 0 Å². The Labute approximate surface area is 290 Å². The van der Waals surface area contributed by atoms with E-state index in [2.05, 4.69) is 110 Å². The summed E-state index contributed by atoms with van der Waals surface area (Å²) < 4.78 is 2.40. The Morgan fingerprint density at radius 1 is 0.938 bits per heavy atom. The molecule has 6 rings (SSSR count). The van der Waals surface area contributed by atoms with E-state index in [-0.39, 0.29) is 22.4 Å². The number of rotatable bonds is 12. The lowest BCUT2D eigenvalue weighted by molar-refractivity contribution is -0.438. The molecule has 0 radical (unpaired) electrons. The number of nitrogens with zero attached hydrogens (tertiary/aromatic N) is 3. The Hall–Kier alpha value is -4.34. The third-order valence-electron chi connectivity index (χ3n) is 9.72. The summed E-state index contributed by atoms with van der Waals surface area (Å²) in [5.41, 5.74) is 7.33. The molecule has 7 nitrogen and oxygen atoms in total. The highest BCUT2D eigenvalue weighted by atomic mass is 32.1. The fourth-order valence-corrected chi connectivity index (χ4v) is 9.01. The van der Waals surface area contributed by atoms with Crippen molar-refractivity contribution in [1.29, 1.82) is 0 Å². The van der Waals surface area contributed by atoms with Gasteiger partial charge in [0.2, 0.25) is 5.69 Å². The van der Waals surface area contributed by atoms with Gasteiger partial charge in [0.15, 0.2) is 5.71 Å².